The Morgan fingerprint density at radius 2 is 0.786 bits per heavy atom. The summed E-state index contributed by atoms with van der Waals surface area (Å²) in [5.41, 5.74) is 1.14. The van der Waals surface area contributed by atoms with E-state index in [1.807, 2.05) is 55.5 Å². The van der Waals surface area contributed by atoms with Crippen molar-refractivity contribution in [2.45, 2.75) is 19.8 Å². The minimum absolute atomic E-state index is 0.587. The van der Waals surface area contributed by atoms with Crippen LogP contribution >= 0.6 is 0 Å². The van der Waals surface area contributed by atoms with Gasteiger partial charge < -0.3 is 23.7 Å². The number of benzene rings is 3. The van der Waals surface area contributed by atoms with Gasteiger partial charge in [0.15, 0.2) is 0 Å². The van der Waals surface area contributed by atoms with E-state index in [1.165, 1.54) is 0 Å². The molecule has 3 aromatic carbocycles. The maximum atomic E-state index is 6.07. The van der Waals surface area contributed by atoms with Gasteiger partial charge in [-0.3, -0.25) is 0 Å². The molecule has 3 rings (SSSR count). The lowest BCUT2D eigenvalue weighted by Gasteiger charge is -2.31. The summed E-state index contributed by atoms with van der Waals surface area (Å²) in [5.74, 6) is 1.90. The zero-order valence-electron chi connectivity index (χ0n) is 16.5. The van der Waals surface area contributed by atoms with Crippen molar-refractivity contribution in [1.82, 2.24) is 0 Å². The van der Waals surface area contributed by atoms with Gasteiger partial charge in [0, 0.05) is 0 Å². The molecule has 0 amide bonds. The van der Waals surface area contributed by atoms with Gasteiger partial charge in [-0.25, -0.2) is 0 Å². The number of hydrogen-bond acceptors (Lipinski definition) is 5. The highest BCUT2D eigenvalue weighted by Crippen LogP contribution is 2.28. The smallest absolute Gasteiger partial charge is 0.414 e. The maximum Gasteiger partial charge on any atom is 0.414 e. The molecular formula is C23H24O5. The summed E-state index contributed by atoms with van der Waals surface area (Å²) in [6.45, 7) is 3.74. The van der Waals surface area contributed by atoms with Gasteiger partial charge in [0.1, 0.15) is 28.7 Å². The molecule has 0 atom stereocenters. The van der Waals surface area contributed by atoms with E-state index >= 15 is 0 Å². The summed E-state index contributed by atoms with van der Waals surface area (Å²) >= 11 is 0. The Labute approximate surface area is 165 Å². The lowest BCUT2D eigenvalue weighted by Crippen LogP contribution is -2.45. The molecule has 0 aliphatic heterocycles. The topological polar surface area (TPSA) is 46.2 Å². The molecule has 0 saturated carbocycles. The minimum Gasteiger partial charge on any atom is -0.497 e. The molecule has 0 spiro atoms. The molecule has 0 aliphatic rings. The number of methoxy groups -OCH3 is 2. The van der Waals surface area contributed by atoms with Gasteiger partial charge in [0.25, 0.3) is 0 Å². The summed E-state index contributed by atoms with van der Waals surface area (Å²) in [7, 11) is 3.24. The van der Waals surface area contributed by atoms with Crippen LogP contribution < -0.4 is 23.7 Å². The van der Waals surface area contributed by atoms with Gasteiger partial charge in [0.2, 0.25) is 0 Å². The molecule has 0 N–H and O–H groups in total. The van der Waals surface area contributed by atoms with Crippen molar-refractivity contribution in [3.8, 4) is 28.7 Å². The molecule has 0 aliphatic carbocycles. The predicted octanol–water partition coefficient (Wildman–Crippen LogP) is 5.22. The standard InChI is InChI=1S/C23H24O5/c1-17-5-7-20(8-6-17)26-23(2,27-21-13-9-18(24-3)10-14-21)28-22-15-11-19(25-4)12-16-22/h5-16H,1-4H3. The van der Waals surface area contributed by atoms with Crippen LogP contribution in [0.5, 0.6) is 28.7 Å². The zero-order chi connectivity index (χ0) is 20.0. The highest BCUT2D eigenvalue weighted by Gasteiger charge is 2.32. The van der Waals surface area contributed by atoms with Crippen molar-refractivity contribution in [3.05, 3.63) is 78.4 Å². The van der Waals surface area contributed by atoms with E-state index in [1.54, 1.807) is 45.4 Å². The Kier molecular flexibility index (Phi) is 5.94. The van der Waals surface area contributed by atoms with Crippen LogP contribution in [0.25, 0.3) is 0 Å². The molecule has 146 valence electrons. The molecule has 0 radical (unpaired) electrons. The Hall–Kier alpha value is -3.34. The molecule has 5 nitrogen and oxygen atoms in total. The van der Waals surface area contributed by atoms with Crippen LogP contribution in [0.3, 0.4) is 0 Å². The molecule has 0 unspecified atom stereocenters. The number of rotatable bonds is 8. The summed E-state index contributed by atoms with van der Waals surface area (Å²) in [6.07, 6.45) is 0. The highest BCUT2D eigenvalue weighted by molar-refractivity contribution is 5.33. The van der Waals surface area contributed by atoms with Crippen molar-refractivity contribution in [3.63, 3.8) is 0 Å². The average Bonchev–Trinajstić information content (AvgIpc) is 2.71. The first-order chi connectivity index (χ1) is 13.5. The second-order valence-electron chi connectivity index (χ2n) is 6.33. The monoisotopic (exact) mass is 380 g/mol. The lowest BCUT2D eigenvalue weighted by atomic mass is 10.2. The molecule has 0 fully saturated rings. The maximum absolute atomic E-state index is 6.07. The lowest BCUT2D eigenvalue weighted by molar-refractivity contribution is -0.238. The number of ether oxygens (including phenoxy) is 5. The molecule has 0 saturated heterocycles. The third-order valence-electron chi connectivity index (χ3n) is 4.05. The van der Waals surface area contributed by atoms with E-state index in [0.717, 1.165) is 17.1 Å². The highest BCUT2D eigenvalue weighted by atomic mass is 16.9. The molecular weight excluding hydrogens is 356 g/mol. The second-order valence-corrected chi connectivity index (χ2v) is 6.33. The van der Waals surface area contributed by atoms with Gasteiger partial charge in [-0.15, -0.1) is 0 Å². The first-order valence-corrected chi connectivity index (χ1v) is 8.91. The third-order valence-corrected chi connectivity index (χ3v) is 4.05. The van der Waals surface area contributed by atoms with Crippen molar-refractivity contribution >= 4 is 0 Å². The number of hydrogen-bond donors (Lipinski definition) is 0. The summed E-state index contributed by atoms with van der Waals surface area (Å²) in [4.78, 5) is 0. The fraction of sp³-hybridized carbons (Fsp3) is 0.217. The number of aryl methyl sites for hydroxylation is 1. The van der Waals surface area contributed by atoms with E-state index in [9.17, 15) is 0 Å². The van der Waals surface area contributed by atoms with Crippen molar-refractivity contribution in [1.29, 1.82) is 0 Å². The van der Waals surface area contributed by atoms with Gasteiger partial charge in [-0.05, 0) is 67.6 Å². The molecule has 5 heteroatoms. The van der Waals surface area contributed by atoms with E-state index in [4.69, 9.17) is 23.7 Å². The van der Waals surface area contributed by atoms with Crippen LogP contribution in [-0.4, -0.2) is 20.2 Å². The first-order valence-electron chi connectivity index (χ1n) is 8.91. The minimum atomic E-state index is -1.39. The summed E-state index contributed by atoms with van der Waals surface area (Å²) in [6, 6.07) is 22.1. The van der Waals surface area contributed by atoms with E-state index in [-0.39, 0.29) is 0 Å². The van der Waals surface area contributed by atoms with E-state index in [2.05, 4.69) is 0 Å². The largest absolute Gasteiger partial charge is 0.497 e. The predicted molar refractivity (Wildman–Crippen MR) is 107 cm³/mol. The van der Waals surface area contributed by atoms with Crippen LogP contribution in [-0.2, 0) is 0 Å². The van der Waals surface area contributed by atoms with Crippen LogP contribution in [0.1, 0.15) is 12.5 Å². The molecule has 3 aromatic rings. The summed E-state index contributed by atoms with van der Waals surface area (Å²) in [5, 5.41) is 0. The molecule has 0 bridgehead atoms. The Bertz CT molecular complexity index is 821. The Morgan fingerprint density at radius 1 is 0.500 bits per heavy atom. The summed E-state index contributed by atoms with van der Waals surface area (Å²) < 4.78 is 28.6. The SMILES string of the molecule is COc1ccc(OC(C)(Oc2ccc(C)cc2)Oc2ccc(OC)cc2)cc1. The fourth-order valence-corrected chi connectivity index (χ4v) is 2.60. The van der Waals surface area contributed by atoms with Crippen LogP contribution in [0.2, 0.25) is 0 Å². The van der Waals surface area contributed by atoms with Gasteiger partial charge >= 0.3 is 5.97 Å². The third kappa shape index (κ3) is 5.10. The fourth-order valence-electron chi connectivity index (χ4n) is 2.60. The zero-order valence-corrected chi connectivity index (χ0v) is 16.5. The van der Waals surface area contributed by atoms with Crippen LogP contribution in [0, 0.1) is 6.92 Å². The van der Waals surface area contributed by atoms with E-state index in [0.29, 0.717) is 17.2 Å². The van der Waals surface area contributed by atoms with Gasteiger partial charge in [0.05, 0.1) is 21.1 Å². The normalized spacial score (nSPS) is 10.9. The molecule has 0 aromatic heterocycles. The van der Waals surface area contributed by atoms with Crippen LogP contribution in [0.4, 0.5) is 0 Å². The van der Waals surface area contributed by atoms with Gasteiger partial charge in [-0.1, -0.05) is 17.7 Å². The Morgan fingerprint density at radius 3 is 1.11 bits per heavy atom. The van der Waals surface area contributed by atoms with Crippen molar-refractivity contribution in [2.75, 3.05) is 14.2 Å². The molecule has 28 heavy (non-hydrogen) atoms. The van der Waals surface area contributed by atoms with Crippen LogP contribution in [0.15, 0.2) is 72.8 Å². The van der Waals surface area contributed by atoms with E-state index < -0.39 is 5.97 Å². The first kappa shape index (κ1) is 19.4. The van der Waals surface area contributed by atoms with Crippen molar-refractivity contribution in [2.24, 2.45) is 0 Å². The quantitative estimate of drug-likeness (QED) is 0.501. The second kappa shape index (κ2) is 8.57. The average molecular weight is 380 g/mol. The Balaban J connectivity index is 1.85. The van der Waals surface area contributed by atoms with Gasteiger partial charge in [-0.2, -0.15) is 0 Å². The molecule has 0 heterocycles. The van der Waals surface area contributed by atoms with Crippen molar-refractivity contribution < 1.29 is 23.7 Å².